The molecule has 1 unspecified atom stereocenters. The molecule has 0 aliphatic heterocycles. The van der Waals surface area contributed by atoms with Crippen molar-refractivity contribution in [3.05, 3.63) is 28.7 Å². The quantitative estimate of drug-likeness (QED) is 0.812. The molecule has 0 aliphatic rings. The van der Waals surface area contributed by atoms with Crippen LogP contribution in [-0.4, -0.2) is 16.1 Å². The van der Waals surface area contributed by atoms with Gasteiger partial charge in [0.1, 0.15) is 12.0 Å². The zero-order valence-corrected chi connectivity index (χ0v) is 13.5. The highest BCUT2D eigenvalue weighted by Gasteiger charge is 2.16. The number of nitrogens with zero attached hydrogens (tertiary/aromatic N) is 2. The summed E-state index contributed by atoms with van der Waals surface area (Å²) in [5, 5.41) is 5.50. The van der Waals surface area contributed by atoms with Crippen LogP contribution in [0.2, 0.25) is 0 Å². The predicted molar refractivity (Wildman–Crippen MR) is 87.8 cm³/mol. The number of nitrogen functional groups attached to an aromatic ring is 1. The first-order chi connectivity index (χ1) is 10.1. The van der Waals surface area contributed by atoms with Crippen LogP contribution in [0.1, 0.15) is 44.5 Å². The minimum absolute atomic E-state index is 0.0267. The maximum absolute atomic E-state index is 6.12. The smallest absolute Gasteiger partial charge is 0.242 e. The molecule has 0 saturated heterocycles. The van der Waals surface area contributed by atoms with Crippen molar-refractivity contribution in [2.24, 2.45) is 0 Å². The van der Waals surface area contributed by atoms with Crippen LogP contribution in [0.15, 0.2) is 23.8 Å². The first-order valence-electron chi connectivity index (χ1n) is 7.18. The Morgan fingerprint density at radius 3 is 2.81 bits per heavy atom. The molecule has 21 heavy (non-hydrogen) atoms. The fourth-order valence-electron chi connectivity index (χ4n) is 2.04. The van der Waals surface area contributed by atoms with Gasteiger partial charge in [0.2, 0.25) is 5.88 Å². The van der Waals surface area contributed by atoms with E-state index in [1.54, 1.807) is 11.3 Å². The van der Waals surface area contributed by atoms with Gasteiger partial charge in [-0.25, -0.2) is 4.98 Å². The second kappa shape index (κ2) is 7.26. The van der Waals surface area contributed by atoms with Gasteiger partial charge < -0.3 is 15.8 Å². The van der Waals surface area contributed by atoms with E-state index in [0.717, 1.165) is 12.8 Å². The minimum Gasteiger partial charge on any atom is -0.473 e. The molecule has 0 saturated carbocycles. The van der Waals surface area contributed by atoms with Gasteiger partial charge in [-0.3, -0.25) is 0 Å². The molecule has 2 aromatic heterocycles. The van der Waals surface area contributed by atoms with E-state index in [1.165, 1.54) is 11.2 Å². The monoisotopic (exact) mass is 306 g/mol. The zero-order valence-electron chi connectivity index (χ0n) is 12.7. The van der Waals surface area contributed by atoms with Crippen LogP contribution in [0.4, 0.5) is 11.5 Å². The van der Waals surface area contributed by atoms with Gasteiger partial charge in [0.25, 0.3) is 0 Å². The maximum Gasteiger partial charge on any atom is 0.242 e. The molecule has 0 bridgehead atoms. The zero-order chi connectivity index (χ0) is 15.2. The highest BCUT2D eigenvalue weighted by atomic mass is 32.1. The van der Waals surface area contributed by atoms with E-state index in [9.17, 15) is 0 Å². The number of rotatable bonds is 7. The number of anilines is 2. The molecular weight excluding hydrogens is 284 g/mol. The van der Waals surface area contributed by atoms with E-state index in [4.69, 9.17) is 10.5 Å². The van der Waals surface area contributed by atoms with Gasteiger partial charge in [-0.15, -0.1) is 11.3 Å². The van der Waals surface area contributed by atoms with Crippen molar-refractivity contribution in [3.8, 4) is 5.88 Å². The van der Waals surface area contributed by atoms with Crippen molar-refractivity contribution in [2.45, 2.75) is 45.8 Å². The number of hydrogen-bond acceptors (Lipinski definition) is 6. The lowest BCUT2D eigenvalue weighted by molar-refractivity contribution is 0.234. The largest absolute Gasteiger partial charge is 0.473 e. The second-order valence-corrected chi connectivity index (χ2v) is 6.09. The standard InChI is InChI=1S/C15H22N4OS/c1-4-6-11(12-7-5-8-21-12)19-14-13(16)15(18-9-17-14)20-10(2)3/h5,7-11H,4,6,16H2,1-3H3,(H,17,18,19). The third kappa shape index (κ3) is 4.07. The van der Waals surface area contributed by atoms with E-state index >= 15 is 0 Å². The number of aromatic nitrogens is 2. The summed E-state index contributed by atoms with van der Waals surface area (Å²) in [5.41, 5.74) is 6.58. The van der Waals surface area contributed by atoms with E-state index in [0.29, 0.717) is 17.4 Å². The molecule has 0 spiro atoms. The molecule has 2 aromatic rings. The molecule has 0 aliphatic carbocycles. The topological polar surface area (TPSA) is 73.1 Å². The Morgan fingerprint density at radius 1 is 1.38 bits per heavy atom. The van der Waals surface area contributed by atoms with Gasteiger partial charge >= 0.3 is 0 Å². The minimum atomic E-state index is 0.0267. The lowest BCUT2D eigenvalue weighted by Gasteiger charge is -2.19. The molecule has 114 valence electrons. The summed E-state index contributed by atoms with van der Waals surface area (Å²) in [6.45, 7) is 6.05. The molecule has 6 heteroatoms. The van der Waals surface area contributed by atoms with Crippen LogP contribution in [0.3, 0.4) is 0 Å². The molecule has 0 radical (unpaired) electrons. The van der Waals surface area contributed by atoms with Crippen LogP contribution in [0.5, 0.6) is 5.88 Å². The summed E-state index contributed by atoms with van der Waals surface area (Å²) < 4.78 is 5.60. The van der Waals surface area contributed by atoms with E-state index in [1.807, 2.05) is 13.8 Å². The van der Waals surface area contributed by atoms with Crippen molar-refractivity contribution >= 4 is 22.8 Å². The first kappa shape index (κ1) is 15.6. The Bertz CT molecular complexity index is 557. The summed E-state index contributed by atoms with van der Waals surface area (Å²) in [7, 11) is 0. The molecule has 5 nitrogen and oxygen atoms in total. The lowest BCUT2D eigenvalue weighted by atomic mass is 10.1. The molecule has 3 N–H and O–H groups in total. The molecule has 0 amide bonds. The van der Waals surface area contributed by atoms with Crippen molar-refractivity contribution in [2.75, 3.05) is 11.1 Å². The van der Waals surface area contributed by atoms with Gasteiger partial charge in [-0.1, -0.05) is 19.4 Å². The Morgan fingerprint density at radius 2 is 2.19 bits per heavy atom. The Hall–Kier alpha value is -1.82. The second-order valence-electron chi connectivity index (χ2n) is 5.11. The average Bonchev–Trinajstić information content (AvgIpc) is 2.96. The molecular formula is C15H22N4OS. The first-order valence-corrected chi connectivity index (χ1v) is 8.06. The van der Waals surface area contributed by atoms with Gasteiger partial charge in [0.05, 0.1) is 12.1 Å². The molecule has 0 aromatic carbocycles. The van der Waals surface area contributed by atoms with Crippen molar-refractivity contribution in [1.29, 1.82) is 0 Å². The summed E-state index contributed by atoms with van der Waals surface area (Å²) in [6.07, 6.45) is 3.60. The van der Waals surface area contributed by atoms with Gasteiger partial charge in [0.15, 0.2) is 5.82 Å². The van der Waals surface area contributed by atoms with Gasteiger partial charge in [-0.2, -0.15) is 4.98 Å². The highest BCUT2D eigenvalue weighted by molar-refractivity contribution is 7.10. The Balaban J connectivity index is 2.21. The summed E-state index contributed by atoms with van der Waals surface area (Å²) in [6, 6.07) is 4.39. The van der Waals surface area contributed by atoms with Gasteiger partial charge in [-0.05, 0) is 31.7 Å². The molecule has 0 fully saturated rings. The number of nitrogens with one attached hydrogen (secondary N) is 1. The van der Waals surface area contributed by atoms with Gasteiger partial charge in [0, 0.05) is 4.88 Å². The lowest BCUT2D eigenvalue weighted by Crippen LogP contribution is -2.14. The van der Waals surface area contributed by atoms with Crippen LogP contribution in [0, 0.1) is 0 Å². The van der Waals surface area contributed by atoms with E-state index < -0.39 is 0 Å². The third-order valence-electron chi connectivity index (χ3n) is 2.97. The number of nitrogens with two attached hydrogens (primary N) is 1. The van der Waals surface area contributed by atoms with Crippen LogP contribution >= 0.6 is 11.3 Å². The average molecular weight is 306 g/mol. The van der Waals surface area contributed by atoms with Crippen LogP contribution in [-0.2, 0) is 0 Å². The molecule has 2 rings (SSSR count). The van der Waals surface area contributed by atoms with E-state index in [2.05, 4.69) is 39.7 Å². The number of ether oxygens (including phenoxy) is 1. The fourth-order valence-corrected chi connectivity index (χ4v) is 2.85. The third-order valence-corrected chi connectivity index (χ3v) is 3.96. The van der Waals surface area contributed by atoms with Crippen LogP contribution < -0.4 is 15.8 Å². The SMILES string of the molecule is CCCC(Nc1ncnc(OC(C)C)c1N)c1cccs1. The van der Waals surface area contributed by atoms with Crippen LogP contribution in [0.25, 0.3) is 0 Å². The number of hydrogen-bond donors (Lipinski definition) is 2. The normalized spacial score (nSPS) is 12.4. The van der Waals surface area contributed by atoms with Crippen molar-refractivity contribution in [3.63, 3.8) is 0 Å². The van der Waals surface area contributed by atoms with Crippen molar-refractivity contribution < 1.29 is 4.74 Å². The molecule has 2 heterocycles. The fraction of sp³-hybridized carbons (Fsp3) is 0.467. The van der Waals surface area contributed by atoms with Crippen molar-refractivity contribution in [1.82, 2.24) is 9.97 Å². The molecule has 1 atom stereocenters. The summed E-state index contributed by atoms with van der Waals surface area (Å²) in [5.74, 6) is 1.07. The highest BCUT2D eigenvalue weighted by Crippen LogP contribution is 2.31. The Kier molecular flexibility index (Phi) is 5.38. The maximum atomic E-state index is 6.12. The predicted octanol–water partition coefficient (Wildman–Crippen LogP) is 3.86. The Labute approximate surface area is 129 Å². The summed E-state index contributed by atoms with van der Waals surface area (Å²) in [4.78, 5) is 9.63. The van der Waals surface area contributed by atoms with E-state index in [-0.39, 0.29) is 12.1 Å². The number of thiophene rings is 1. The summed E-state index contributed by atoms with van der Waals surface area (Å²) >= 11 is 1.73.